The molecule has 0 aliphatic heterocycles. The molecular weight excluding hydrogens is 278 g/mol. The fourth-order valence-electron chi connectivity index (χ4n) is 1.72. The minimum atomic E-state index is -1.17. The molecule has 1 amide bonds. The van der Waals surface area contributed by atoms with Gasteiger partial charge in [-0.05, 0) is 12.5 Å². The van der Waals surface area contributed by atoms with Gasteiger partial charge in [0.05, 0.1) is 11.6 Å². The molecular formula is C14H14ClN3O2. The lowest BCUT2D eigenvalue weighted by Crippen LogP contribution is -2.39. The molecule has 0 saturated heterocycles. The Morgan fingerprint density at radius 1 is 1.40 bits per heavy atom. The van der Waals surface area contributed by atoms with Crippen LogP contribution in [0.2, 0.25) is 5.02 Å². The Kier molecular flexibility index (Phi) is 4.32. The molecule has 1 aromatic carbocycles. The van der Waals surface area contributed by atoms with E-state index in [4.69, 9.17) is 11.6 Å². The molecule has 5 nitrogen and oxygen atoms in total. The van der Waals surface area contributed by atoms with E-state index < -0.39 is 11.5 Å². The zero-order valence-corrected chi connectivity index (χ0v) is 11.6. The zero-order valence-electron chi connectivity index (χ0n) is 10.9. The van der Waals surface area contributed by atoms with E-state index in [-0.39, 0.29) is 17.3 Å². The normalized spacial score (nSPS) is 13.6. The zero-order chi connectivity index (χ0) is 14.6. The highest BCUT2D eigenvalue weighted by Crippen LogP contribution is 2.19. The molecule has 104 valence electrons. The van der Waals surface area contributed by atoms with Crippen molar-refractivity contribution in [1.82, 2.24) is 15.3 Å². The molecule has 20 heavy (non-hydrogen) atoms. The van der Waals surface area contributed by atoms with E-state index >= 15 is 0 Å². The molecule has 2 aromatic rings. The molecule has 0 saturated carbocycles. The first-order valence-electron chi connectivity index (χ1n) is 6.02. The van der Waals surface area contributed by atoms with Gasteiger partial charge in [0.25, 0.3) is 5.91 Å². The average molecular weight is 292 g/mol. The first kappa shape index (κ1) is 14.4. The number of carbonyl (C=O) groups excluding carboxylic acids is 1. The monoisotopic (exact) mass is 291 g/mol. The van der Waals surface area contributed by atoms with Crippen LogP contribution in [0.1, 0.15) is 23.0 Å². The van der Waals surface area contributed by atoms with Gasteiger partial charge in [-0.25, -0.2) is 9.97 Å². The Bertz CT molecular complexity index is 602. The van der Waals surface area contributed by atoms with E-state index in [0.29, 0.717) is 5.56 Å². The van der Waals surface area contributed by atoms with Crippen molar-refractivity contribution in [2.45, 2.75) is 12.5 Å². The van der Waals surface area contributed by atoms with Crippen LogP contribution in [-0.4, -0.2) is 27.5 Å². The number of carbonyl (C=O) groups is 1. The SMILES string of the molecule is CC(O)(CNC(=O)c1ncncc1Cl)c1ccccc1. The van der Waals surface area contributed by atoms with Crippen LogP contribution in [0.25, 0.3) is 0 Å². The maximum atomic E-state index is 11.9. The molecule has 0 fully saturated rings. The summed E-state index contributed by atoms with van der Waals surface area (Å²) in [6, 6.07) is 9.10. The second-order valence-corrected chi connectivity index (χ2v) is 4.95. The number of rotatable bonds is 4. The summed E-state index contributed by atoms with van der Waals surface area (Å²) in [6.45, 7) is 1.68. The van der Waals surface area contributed by atoms with Crippen LogP contribution in [0.3, 0.4) is 0 Å². The number of halogens is 1. The first-order chi connectivity index (χ1) is 9.50. The lowest BCUT2D eigenvalue weighted by Gasteiger charge is -2.24. The molecule has 1 unspecified atom stereocenters. The second-order valence-electron chi connectivity index (χ2n) is 4.54. The van der Waals surface area contributed by atoms with Crippen LogP contribution in [0.5, 0.6) is 0 Å². The third-order valence-corrected chi connectivity index (χ3v) is 3.15. The highest BCUT2D eigenvalue weighted by atomic mass is 35.5. The Labute approximate surface area is 121 Å². The molecule has 6 heteroatoms. The van der Waals surface area contributed by atoms with Crippen molar-refractivity contribution >= 4 is 17.5 Å². The Morgan fingerprint density at radius 3 is 2.75 bits per heavy atom. The van der Waals surface area contributed by atoms with Crippen molar-refractivity contribution in [3.63, 3.8) is 0 Å². The van der Waals surface area contributed by atoms with Gasteiger partial charge in [0.2, 0.25) is 0 Å². The second kappa shape index (κ2) is 5.98. The van der Waals surface area contributed by atoms with Crippen molar-refractivity contribution < 1.29 is 9.90 Å². The van der Waals surface area contributed by atoms with E-state index in [1.165, 1.54) is 12.5 Å². The van der Waals surface area contributed by atoms with E-state index in [1.54, 1.807) is 19.1 Å². The molecule has 0 aliphatic rings. The summed E-state index contributed by atoms with van der Waals surface area (Å²) in [4.78, 5) is 19.5. The summed E-state index contributed by atoms with van der Waals surface area (Å²) in [7, 11) is 0. The van der Waals surface area contributed by atoms with Gasteiger partial charge in [-0.3, -0.25) is 4.79 Å². The molecule has 2 N–H and O–H groups in total. The van der Waals surface area contributed by atoms with Gasteiger partial charge in [-0.2, -0.15) is 0 Å². The first-order valence-corrected chi connectivity index (χ1v) is 6.40. The standard InChI is InChI=1S/C14H14ClN3O2/c1-14(20,10-5-3-2-4-6-10)8-17-13(19)12-11(15)7-16-9-18-12/h2-7,9,20H,8H2,1H3,(H,17,19). The fourth-order valence-corrected chi connectivity index (χ4v) is 1.91. The fraction of sp³-hybridized carbons (Fsp3) is 0.214. The quantitative estimate of drug-likeness (QED) is 0.900. The molecule has 1 aromatic heterocycles. The number of nitrogens with zero attached hydrogens (tertiary/aromatic N) is 2. The lowest BCUT2D eigenvalue weighted by molar-refractivity contribution is 0.0525. The maximum absolute atomic E-state index is 11.9. The summed E-state index contributed by atoms with van der Waals surface area (Å²) in [5.41, 5.74) is -0.365. The van der Waals surface area contributed by atoms with Gasteiger partial charge >= 0.3 is 0 Å². The van der Waals surface area contributed by atoms with Crippen LogP contribution >= 0.6 is 11.6 Å². The van der Waals surface area contributed by atoms with Gasteiger partial charge in [0.1, 0.15) is 17.6 Å². The minimum Gasteiger partial charge on any atom is -0.384 e. The van der Waals surface area contributed by atoms with Crippen molar-refractivity contribution in [2.75, 3.05) is 6.54 Å². The molecule has 0 spiro atoms. The number of amides is 1. The van der Waals surface area contributed by atoms with E-state index in [9.17, 15) is 9.90 Å². The number of hydrogen-bond donors (Lipinski definition) is 2. The van der Waals surface area contributed by atoms with Gasteiger partial charge in [0, 0.05) is 6.20 Å². The van der Waals surface area contributed by atoms with Gasteiger partial charge in [-0.15, -0.1) is 0 Å². The van der Waals surface area contributed by atoms with E-state index in [2.05, 4.69) is 15.3 Å². The average Bonchev–Trinajstić information content (AvgIpc) is 2.46. The van der Waals surface area contributed by atoms with E-state index in [0.717, 1.165) is 0 Å². The third-order valence-electron chi connectivity index (χ3n) is 2.87. The van der Waals surface area contributed by atoms with Crippen LogP contribution in [0, 0.1) is 0 Å². The largest absolute Gasteiger partial charge is 0.384 e. The van der Waals surface area contributed by atoms with Gasteiger partial charge in [0.15, 0.2) is 0 Å². The molecule has 1 atom stereocenters. The van der Waals surface area contributed by atoms with Crippen molar-refractivity contribution in [2.24, 2.45) is 0 Å². The summed E-state index contributed by atoms with van der Waals surface area (Å²) in [5, 5.41) is 13.2. The van der Waals surface area contributed by atoms with Crippen molar-refractivity contribution in [1.29, 1.82) is 0 Å². The number of hydrogen-bond acceptors (Lipinski definition) is 4. The highest BCUT2D eigenvalue weighted by Gasteiger charge is 2.24. The number of aliphatic hydroxyl groups is 1. The predicted molar refractivity (Wildman–Crippen MR) is 75.4 cm³/mol. The van der Waals surface area contributed by atoms with E-state index in [1.807, 2.05) is 18.2 Å². The molecule has 1 heterocycles. The Morgan fingerprint density at radius 2 is 2.10 bits per heavy atom. The van der Waals surface area contributed by atoms with Crippen LogP contribution in [-0.2, 0) is 5.60 Å². The Hall–Kier alpha value is -1.98. The number of benzene rings is 1. The summed E-state index contributed by atoms with van der Waals surface area (Å²) in [5.74, 6) is -0.450. The lowest BCUT2D eigenvalue weighted by atomic mass is 9.96. The molecule has 0 aliphatic carbocycles. The number of nitrogens with one attached hydrogen (secondary N) is 1. The summed E-state index contributed by atoms with van der Waals surface area (Å²) >= 11 is 5.84. The third kappa shape index (κ3) is 3.31. The van der Waals surface area contributed by atoms with Crippen molar-refractivity contribution in [3.05, 3.63) is 59.1 Å². The summed E-state index contributed by atoms with van der Waals surface area (Å²) in [6.07, 6.45) is 2.59. The maximum Gasteiger partial charge on any atom is 0.271 e. The topological polar surface area (TPSA) is 75.1 Å². The van der Waals surface area contributed by atoms with Crippen molar-refractivity contribution in [3.8, 4) is 0 Å². The van der Waals surface area contributed by atoms with Crippen LogP contribution in [0.4, 0.5) is 0 Å². The summed E-state index contributed by atoms with van der Waals surface area (Å²) < 4.78 is 0. The molecule has 0 bridgehead atoms. The highest BCUT2D eigenvalue weighted by molar-refractivity contribution is 6.33. The van der Waals surface area contributed by atoms with Crippen LogP contribution < -0.4 is 5.32 Å². The molecule has 0 radical (unpaired) electrons. The molecule has 2 rings (SSSR count). The minimum absolute atomic E-state index is 0.0518. The van der Waals surface area contributed by atoms with Crippen LogP contribution in [0.15, 0.2) is 42.9 Å². The Balaban J connectivity index is 2.05. The van der Waals surface area contributed by atoms with Gasteiger partial charge in [-0.1, -0.05) is 41.9 Å². The smallest absolute Gasteiger partial charge is 0.271 e. The number of aromatic nitrogens is 2. The predicted octanol–water partition coefficient (Wildman–Crippen LogP) is 1.77. The van der Waals surface area contributed by atoms with Gasteiger partial charge < -0.3 is 10.4 Å².